The Balaban J connectivity index is 3.70. The van der Waals surface area contributed by atoms with Crippen LogP contribution in [0, 0.1) is 5.41 Å². The molecule has 0 bridgehead atoms. The molecule has 82 valence electrons. The van der Waals surface area contributed by atoms with Gasteiger partial charge in [0.1, 0.15) is 5.78 Å². The first kappa shape index (κ1) is 13.4. The van der Waals surface area contributed by atoms with E-state index >= 15 is 0 Å². The molecule has 0 amide bonds. The predicted molar refractivity (Wildman–Crippen MR) is 62.4 cm³/mol. The van der Waals surface area contributed by atoms with Gasteiger partial charge in [0.05, 0.1) is 0 Å². The van der Waals surface area contributed by atoms with Crippen LogP contribution >= 0.6 is 0 Å². The fourth-order valence-corrected chi connectivity index (χ4v) is 1.25. The van der Waals surface area contributed by atoms with E-state index in [1.54, 1.807) is 0 Å². The molecule has 0 saturated carbocycles. The van der Waals surface area contributed by atoms with Gasteiger partial charge in [-0.25, -0.2) is 0 Å². The summed E-state index contributed by atoms with van der Waals surface area (Å²) in [6, 6.07) is 0. The van der Waals surface area contributed by atoms with Gasteiger partial charge in [-0.05, 0) is 32.6 Å². The molecular weight excluding hydrogens is 172 g/mol. The van der Waals surface area contributed by atoms with Gasteiger partial charge in [0.15, 0.2) is 0 Å². The molecule has 0 radical (unpaired) electrons. The summed E-state index contributed by atoms with van der Waals surface area (Å²) >= 11 is 0. The smallest absolute Gasteiger partial charge is 0.138 e. The van der Waals surface area contributed by atoms with Crippen molar-refractivity contribution in [1.29, 1.82) is 0 Å². The molecule has 1 heteroatoms. The van der Waals surface area contributed by atoms with Crippen molar-refractivity contribution >= 4 is 5.78 Å². The number of unbranched alkanes of at least 4 members (excludes halogenated alkanes) is 1. The molecule has 0 aromatic heterocycles. The van der Waals surface area contributed by atoms with Crippen LogP contribution in [0.25, 0.3) is 0 Å². The second-order valence-corrected chi connectivity index (χ2v) is 4.82. The quantitative estimate of drug-likeness (QED) is 0.442. The zero-order valence-electron chi connectivity index (χ0n) is 10.2. The Bertz CT molecular complexity index is 201. The van der Waals surface area contributed by atoms with E-state index < -0.39 is 0 Å². The Morgan fingerprint density at radius 3 is 2.14 bits per heavy atom. The molecule has 0 rings (SSSR count). The minimum Gasteiger partial charge on any atom is -0.299 e. The lowest BCUT2D eigenvalue weighted by Gasteiger charge is -2.20. The van der Waals surface area contributed by atoms with Crippen molar-refractivity contribution in [2.75, 3.05) is 0 Å². The van der Waals surface area contributed by atoms with E-state index in [9.17, 15) is 4.79 Å². The Morgan fingerprint density at radius 1 is 1.21 bits per heavy atom. The molecule has 0 aliphatic carbocycles. The van der Waals surface area contributed by atoms with Gasteiger partial charge in [-0.3, -0.25) is 4.79 Å². The number of hydrogen-bond donors (Lipinski definition) is 0. The summed E-state index contributed by atoms with van der Waals surface area (Å²) in [5, 5.41) is 0. The van der Waals surface area contributed by atoms with Gasteiger partial charge in [0, 0.05) is 11.8 Å². The highest BCUT2D eigenvalue weighted by Crippen LogP contribution is 2.23. The molecule has 0 heterocycles. The molecule has 1 nitrogen and oxygen atoms in total. The zero-order chi connectivity index (χ0) is 11.2. The van der Waals surface area contributed by atoms with Crippen molar-refractivity contribution in [3.8, 4) is 0 Å². The maximum Gasteiger partial charge on any atom is 0.138 e. The van der Waals surface area contributed by atoms with Crippen molar-refractivity contribution in [2.24, 2.45) is 5.41 Å². The summed E-state index contributed by atoms with van der Waals surface area (Å²) in [7, 11) is 0. The lowest BCUT2D eigenvalue weighted by molar-refractivity contribution is -0.127. The van der Waals surface area contributed by atoms with Gasteiger partial charge in [0.2, 0.25) is 0 Å². The van der Waals surface area contributed by atoms with Crippen LogP contribution in [0.5, 0.6) is 0 Å². The molecule has 14 heavy (non-hydrogen) atoms. The normalized spacial score (nSPS) is 11.4. The van der Waals surface area contributed by atoms with E-state index in [2.05, 4.69) is 13.5 Å². The molecule has 0 atom stereocenters. The zero-order valence-corrected chi connectivity index (χ0v) is 10.2. The number of carbonyl (C=O) groups excluding carboxylic acids is 1. The average Bonchev–Trinajstić information content (AvgIpc) is 2.11. The average molecular weight is 196 g/mol. The van der Waals surface area contributed by atoms with Crippen molar-refractivity contribution in [3.05, 3.63) is 12.2 Å². The minimum absolute atomic E-state index is 0.122. The number of allylic oxidation sites excluding steroid dienone is 1. The van der Waals surface area contributed by atoms with Gasteiger partial charge >= 0.3 is 0 Å². The standard InChI is InChI=1S/C13H24O/c1-6-13(4,5)12(14)10-8-7-9-11(2)3/h2,6-10H2,1,3-5H3. The molecule has 0 aliphatic rings. The van der Waals surface area contributed by atoms with E-state index in [0.717, 1.165) is 32.1 Å². The third-order valence-corrected chi connectivity index (χ3v) is 2.90. The fourth-order valence-electron chi connectivity index (χ4n) is 1.25. The summed E-state index contributed by atoms with van der Waals surface area (Å²) in [6.07, 6.45) is 4.83. The van der Waals surface area contributed by atoms with Crippen molar-refractivity contribution in [3.63, 3.8) is 0 Å². The summed E-state index contributed by atoms with van der Waals surface area (Å²) < 4.78 is 0. The number of carbonyl (C=O) groups is 1. The number of rotatable bonds is 7. The van der Waals surface area contributed by atoms with Crippen LogP contribution < -0.4 is 0 Å². The highest BCUT2D eigenvalue weighted by molar-refractivity contribution is 5.83. The van der Waals surface area contributed by atoms with Crippen molar-refractivity contribution < 1.29 is 4.79 Å². The summed E-state index contributed by atoms with van der Waals surface area (Å²) in [6.45, 7) is 12.0. The second kappa shape index (κ2) is 6.00. The lowest BCUT2D eigenvalue weighted by Crippen LogP contribution is -2.22. The van der Waals surface area contributed by atoms with Gasteiger partial charge in [-0.1, -0.05) is 26.3 Å². The van der Waals surface area contributed by atoms with E-state index in [-0.39, 0.29) is 5.41 Å². The minimum atomic E-state index is -0.122. The van der Waals surface area contributed by atoms with Crippen LogP contribution in [-0.2, 0) is 4.79 Å². The van der Waals surface area contributed by atoms with Crippen LogP contribution in [0.2, 0.25) is 0 Å². The van der Waals surface area contributed by atoms with Gasteiger partial charge < -0.3 is 0 Å². The molecule has 0 aliphatic heterocycles. The first-order valence-electron chi connectivity index (χ1n) is 5.58. The topological polar surface area (TPSA) is 17.1 Å². The summed E-state index contributed by atoms with van der Waals surface area (Å²) in [5.41, 5.74) is 1.09. The Morgan fingerprint density at radius 2 is 1.71 bits per heavy atom. The first-order valence-corrected chi connectivity index (χ1v) is 5.58. The molecule has 0 aromatic rings. The maximum absolute atomic E-state index is 11.7. The number of hydrogen-bond acceptors (Lipinski definition) is 1. The lowest BCUT2D eigenvalue weighted by atomic mass is 9.83. The first-order chi connectivity index (χ1) is 6.40. The number of Topliss-reactive ketones (excluding diaryl/α,β-unsaturated/α-hetero) is 1. The Hall–Kier alpha value is -0.590. The van der Waals surface area contributed by atoms with Crippen molar-refractivity contribution in [1.82, 2.24) is 0 Å². The largest absolute Gasteiger partial charge is 0.299 e. The van der Waals surface area contributed by atoms with Crippen molar-refractivity contribution in [2.45, 2.75) is 59.8 Å². The second-order valence-electron chi connectivity index (χ2n) is 4.82. The molecule has 0 fully saturated rings. The van der Waals surface area contributed by atoms with Gasteiger partial charge in [-0.15, -0.1) is 6.58 Å². The van der Waals surface area contributed by atoms with Crippen LogP contribution in [0.4, 0.5) is 0 Å². The van der Waals surface area contributed by atoms with E-state index in [1.807, 2.05) is 20.8 Å². The number of ketones is 1. The van der Waals surface area contributed by atoms with Gasteiger partial charge in [0.25, 0.3) is 0 Å². The van der Waals surface area contributed by atoms with Crippen LogP contribution in [0.15, 0.2) is 12.2 Å². The Labute approximate surface area is 88.6 Å². The summed E-state index contributed by atoms with van der Waals surface area (Å²) in [4.78, 5) is 11.7. The highest BCUT2D eigenvalue weighted by atomic mass is 16.1. The summed E-state index contributed by atoms with van der Waals surface area (Å²) in [5.74, 6) is 0.404. The fraction of sp³-hybridized carbons (Fsp3) is 0.769. The molecule has 0 spiro atoms. The molecule has 0 unspecified atom stereocenters. The third-order valence-electron chi connectivity index (χ3n) is 2.90. The van der Waals surface area contributed by atoms with Gasteiger partial charge in [-0.2, -0.15) is 0 Å². The molecular formula is C13H24O. The van der Waals surface area contributed by atoms with Crippen LogP contribution in [-0.4, -0.2) is 5.78 Å². The van der Waals surface area contributed by atoms with Crippen LogP contribution in [0.3, 0.4) is 0 Å². The predicted octanol–water partition coefficient (Wildman–Crippen LogP) is 4.13. The molecule has 0 saturated heterocycles. The molecule has 0 aromatic carbocycles. The Kier molecular flexibility index (Phi) is 5.75. The monoisotopic (exact) mass is 196 g/mol. The SMILES string of the molecule is C=C(C)CCCCC(=O)C(C)(C)CC. The highest BCUT2D eigenvalue weighted by Gasteiger charge is 2.23. The van der Waals surface area contributed by atoms with E-state index in [0.29, 0.717) is 5.78 Å². The maximum atomic E-state index is 11.7. The van der Waals surface area contributed by atoms with Crippen LogP contribution in [0.1, 0.15) is 59.8 Å². The van der Waals surface area contributed by atoms with E-state index in [1.165, 1.54) is 5.57 Å². The molecule has 0 N–H and O–H groups in total. The third kappa shape index (κ3) is 5.21. The van der Waals surface area contributed by atoms with E-state index in [4.69, 9.17) is 0 Å².